The number of ether oxygens (including phenoxy) is 1. The third-order valence-corrected chi connectivity index (χ3v) is 3.61. The largest absolute Gasteiger partial charge is 0.494 e. The van der Waals surface area contributed by atoms with Gasteiger partial charge in [0.25, 0.3) is 0 Å². The molecule has 0 heterocycles. The number of hydrogen-bond donors (Lipinski definition) is 2. The van der Waals surface area contributed by atoms with Gasteiger partial charge in [0, 0.05) is 39.6 Å². The van der Waals surface area contributed by atoms with E-state index in [-0.39, 0.29) is 6.04 Å². The van der Waals surface area contributed by atoms with Crippen molar-refractivity contribution in [3.05, 3.63) is 52.0 Å². The summed E-state index contributed by atoms with van der Waals surface area (Å²) in [4.78, 5) is 0. The van der Waals surface area contributed by atoms with E-state index >= 15 is 0 Å². The number of benzene rings is 2. The van der Waals surface area contributed by atoms with Crippen molar-refractivity contribution < 1.29 is 4.74 Å². The first-order valence-electron chi connectivity index (χ1n) is 6.74. The minimum absolute atomic E-state index is 0.0195. The second-order valence-electron chi connectivity index (χ2n) is 4.76. The molecule has 1 unspecified atom stereocenters. The average Bonchev–Trinajstić information content (AvgIpc) is 2.37. The van der Waals surface area contributed by atoms with Gasteiger partial charge in [-0.2, -0.15) is 0 Å². The van der Waals surface area contributed by atoms with Crippen LogP contribution >= 0.6 is 23.2 Å². The molecule has 1 atom stereocenters. The molecule has 0 saturated heterocycles. The number of nitrogens with two attached hydrogens (primary N) is 1. The van der Waals surface area contributed by atoms with Crippen LogP contribution in [-0.4, -0.2) is 6.61 Å². The Morgan fingerprint density at radius 2 is 1.95 bits per heavy atom. The van der Waals surface area contributed by atoms with Gasteiger partial charge in [0.2, 0.25) is 0 Å². The van der Waals surface area contributed by atoms with Gasteiger partial charge in [-0.1, -0.05) is 29.3 Å². The lowest BCUT2D eigenvalue weighted by Gasteiger charge is -2.18. The maximum Gasteiger partial charge on any atom is 0.123 e. The molecule has 0 aliphatic heterocycles. The summed E-state index contributed by atoms with van der Waals surface area (Å²) in [6.07, 6.45) is 0. The molecule has 3 N–H and O–H groups in total. The van der Waals surface area contributed by atoms with Gasteiger partial charge in [-0.15, -0.1) is 0 Å². The van der Waals surface area contributed by atoms with Crippen LogP contribution in [0.4, 0.5) is 11.4 Å². The summed E-state index contributed by atoms with van der Waals surface area (Å²) in [5.41, 5.74) is 8.40. The van der Waals surface area contributed by atoms with E-state index in [1.54, 1.807) is 12.1 Å². The van der Waals surface area contributed by atoms with Gasteiger partial charge < -0.3 is 15.8 Å². The molecule has 2 rings (SSSR count). The Morgan fingerprint density at radius 3 is 2.62 bits per heavy atom. The summed E-state index contributed by atoms with van der Waals surface area (Å²) < 4.78 is 5.49. The fourth-order valence-electron chi connectivity index (χ4n) is 2.14. The first kappa shape index (κ1) is 15.8. The summed E-state index contributed by atoms with van der Waals surface area (Å²) in [7, 11) is 0. The van der Waals surface area contributed by atoms with E-state index in [2.05, 4.69) is 5.32 Å². The Bertz CT molecular complexity index is 632. The minimum Gasteiger partial charge on any atom is -0.494 e. The molecule has 5 heteroatoms. The first-order chi connectivity index (χ1) is 9.99. The number of halogens is 2. The van der Waals surface area contributed by atoms with Crippen molar-refractivity contribution in [2.45, 2.75) is 19.9 Å². The van der Waals surface area contributed by atoms with E-state index in [9.17, 15) is 0 Å². The summed E-state index contributed by atoms with van der Waals surface area (Å²) in [5.74, 6) is 0.745. The van der Waals surface area contributed by atoms with Crippen molar-refractivity contribution in [3.8, 4) is 5.75 Å². The monoisotopic (exact) mass is 324 g/mol. The van der Waals surface area contributed by atoms with Gasteiger partial charge in [-0.05, 0) is 37.6 Å². The zero-order valence-corrected chi connectivity index (χ0v) is 13.5. The molecular formula is C16H18Cl2N2O. The molecule has 0 aromatic heterocycles. The first-order valence-corrected chi connectivity index (χ1v) is 7.50. The van der Waals surface area contributed by atoms with Crippen LogP contribution in [0, 0.1) is 0 Å². The second kappa shape index (κ2) is 6.92. The summed E-state index contributed by atoms with van der Waals surface area (Å²) in [6.45, 7) is 4.56. The van der Waals surface area contributed by atoms with Crippen molar-refractivity contribution in [3.63, 3.8) is 0 Å². The van der Waals surface area contributed by atoms with Gasteiger partial charge in [0.1, 0.15) is 5.75 Å². The molecular weight excluding hydrogens is 307 g/mol. The van der Waals surface area contributed by atoms with Crippen LogP contribution in [-0.2, 0) is 0 Å². The second-order valence-corrected chi connectivity index (χ2v) is 5.60. The zero-order chi connectivity index (χ0) is 15.4. The van der Waals surface area contributed by atoms with Gasteiger partial charge in [0.05, 0.1) is 6.61 Å². The van der Waals surface area contributed by atoms with Crippen molar-refractivity contribution in [2.24, 2.45) is 0 Å². The lowest BCUT2D eigenvalue weighted by Crippen LogP contribution is -2.08. The Balaban J connectivity index is 2.20. The molecule has 112 valence electrons. The van der Waals surface area contributed by atoms with Crippen LogP contribution in [0.1, 0.15) is 25.5 Å². The normalized spacial score (nSPS) is 12.0. The minimum atomic E-state index is 0.0195. The van der Waals surface area contributed by atoms with Crippen molar-refractivity contribution >= 4 is 34.6 Å². The SMILES string of the molecule is CCOc1cc(N)cc(NC(C)c2ccc(Cl)cc2Cl)c1. The topological polar surface area (TPSA) is 47.3 Å². The maximum atomic E-state index is 6.23. The number of rotatable bonds is 5. The molecule has 0 spiro atoms. The lowest BCUT2D eigenvalue weighted by atomic mass is 10.1. The van der Waals surface area contributed by atoms with Gasteiger partial charge in [-0.25, -0.2) is 0 Å². The third kappa shape index (κ3) is 4.19. The molecule has 0 aliphatic carbocycles. The van der Waals surface area contributed by atoms with Crippen LogP contribution in [0.3, 0.4) is 0 Å². The molecule has 0 saturated carbocycles. The van der Waals surface area contributed by atoms with E-state index in [0.717, 1.165) is 17.0 Å². The Kier molecular flexibility index (Phi) is 5.21. The average molecular weight is 325 g/mol. The standard InChI is InChI=1S/C16H18Cl2N2O/c1-3-21-14-8-12(19)7-13(9-14)20-10(2)15-5-4-11(17)6-16(15)18/h4-10,20H,3,19H2,1-2H3. The predicted octanol–water partition coefficient (Wildman–Crippen LogP) is 5.15. The highest BCUT2D eigenvalue weighted by atomic mass is 35.5. The van der Waals surface area contributed by atoms with Gasteiger partial charge in [0.15, 0.2) is 0 Å². The van der Waals surface area contributed by atoms with Crippen LogP contribution in [0.15, 0.2) is 36.4 Å². The molecule has 21 heavy (non-hydrogen) atoms. The molecule has 2 aromatic rings. The summed E-state index contributed by atoms with van der Waals surface area (Å²) in [5, 5.41) is 4.63. The summed E-state index contributed by atoms with van der Waals surface area (Å²) >= 11 is 12.1. The molecule has 0 radical (unpaired) electrons. The fourth-order valence-corrected chi connectivity index (χ4v) is 2.71. The predicted molar refractivity (Wildman–Crippen MR) is 90.5 cm³/mol. The number of nitrogens with one attached hydrogen (secondary N) is 1. The molecule has 0 aliphatic rings. The highest BCUT2D eigenvalue weighted by Crippen LogP contribution is 2.30. The van der Waals surface area contributed by atoms with E-state index < -0.39 is 0 Å². The molecule has 3 nitrogen and oxygen atoms in total. The van der Waals surface area contributed by atoms with E-state index in [0.29, 0.717) is 22.3 Å². The molecule has 2 aromatic carbocycles. The van der Waals surface area contributed by atoms with Crippen LogP contribution in [0.25, 0.3) is 0 Å². The Hall–Kier alpha value is -1.58. The van der Waals surface area contributed by atoms with Gasteiger partial charge >= 0.3 is 0 Å². The van der Waals surface area contributed by atoms with E-state index in [1.807, 2.05) is 38.1 Å². The molecule has 0 fully saturated rings. The Morgan fingerprint density at radius 1 is 1.19 bits per heavy atom. The van der Waals surface area contributed by atoms with Crippen molar-refractivity contribution in [2.75, 3.05) is 17.7 Å². The summed E-state index contributed by atoms with van der Waals surface area (Å²) in [6, 6.07) is 11.1. The number of nitrogen functional groups attached to an aromatic ring is 1. The van der Waals surface area contributed by atoms with E-state index in [4.69, 9.17) is 33.7 Å². The van der Waals surface area contributed by atoms with Crippen LogP contribution in [0.2, 0.25) is 10.0 Å². The van der Waals surface area contributed by atoms with Crippen molar-refractivity contribution in [1.29, 1.82) is 0 Å². The highest BCUT2D eigenvalue weighted by Gasteiger charge is 2.11. The smallest absolute Gasteiger partial charge is 0.123 e. The quantitative estimate of drug-likeness (QED) is 0.748. The fraction of sp³-hybridized carbons (Fsp3) is 0.250. The van der Waals surface area contributed by atoms with Crippen LogP contribution < -0.4 is 15.8 Å². The number of hydrogen-bond acceptors (Lipinski definition) is 3. The molecule has 0 amide bonds. The molecule has 0 bridgehead atoms. The third-order valence-electron chi connectivity index (χ3n) is 3.05. The van der Waals surface area contributed by atoms with Crippen LogP contribution in [0.5, 0.6) is 5.75 Å². The van der Waals surface area contributed by atoms with E-state index in [1.165, 1.54) is 0 Å². The van der Waals surface area contributed by atoms with Crippen molar-refractivity contribution in [1.82, 2.24) is 0 Å². The zero-order valence-electron chi connectivity index (χ0n) is 12.0. The highest BCUT2D eigenvalue weighted by molar-refractivity contribution is 6.35. The Labute approximate surface area is 135 Å². The number of anilines is 2. The lowest BCUT2D eigenvalue weighted by molar-refractivity contribution is 0.340. The van der Waals surface area contributed by atoms with Gasteiger partial charge in [-0.3, -0.25) is 0 Å². The maximum absolute atomic E-state index is 6.23.